The molecule has 0 bridgehead atoms. The number of aliphatic imine (C=N–C) groups is 1. The number of likely N-dealkylation sites (N-methyl/N-ethyl adjacent to an activating group) is 1. The third kappa shape index (κ3) is 3.91. The third-order valence-electron chi connectivity index (χ3n) is 1.00. The molecule has 52 valence electrons. The van der Waals surface area contributed by atoms with Crippen molar-refractivity contribution in [3.63, 3.8) is 0 Å². The van der Waals surface area contributed by atoms with Gasteiger partial charge in [-0.2, -0.15) is 0 Å². The molecule has 9 heavy (non-hydrogen) atoms. The van der Waals surface area contributed by atoms with Crippen LogP contribution in [0.4, 0.5) is 0 Å². The molecule has 0 aromatic heterocycles. The second-order valence-electron chi connectivity index (χ2n) is 1.79. The van der Waals surface area contributed by atoms with Gasteiger partial charge >= 0.3 is 0 Å². The first kappa shape index (κ1) is 8.37. The molecule has 0 aliphatic carbocycles. The van der Waals surface area contributed by atoms with Gasteiger partial charge in [0.05, 0.1) is 0 Å². The second kappa shape index (κ2) is 5.51. The zero-order valence-corrected chi connectivity index (χ0v) is 6.15. The Bertz CT molecular complexity index is 105. The van der Waals surface area contributed by atoms with Crippen LogP contribution in [0.15, 0.2) is 16.8 Å². The van der Waals surface area contributed by atoms with E-state index in [9.17, 15) is 0 Å². The van der Waals surface area contributed by atoms with Crippen LogP contribution in [0.1, 0.15) is 13.3 Å². The fraction of sp³-hybridized carbons (Fsp3) is 0.571. The standard InChI is InChI=1S/C7H14N2/c1-4-5-7(9-3)6-8-2/h5,8H,3-4,6H2,1-2H3/b7-5-. The molecule has 0 spiro atoms. The second-order valence-corrected chi connectivity index (χ2v) is 1.79. The van der Waals surface area contributed by atoms with Crippen LogP contribution in [0.3, 0.4) is 0 Å². The highest BCUT2D eigenvalue weighted by atomic mass is 14.9. The highest BCUT2D eigenvalue weighted by Crippen LogP contribution is 1.93. The van der Waals surface area contributed by atoms with E-state index in [1.165, 1.54) is 0 Å². The SMILES string of the molecule is C=N/C(=C\CC)CNC. The van der Waals surface area contributed by atoms with Crippen molar-refractivity contribution in [2.24, 2.45) is 4.99 Å². The Hall–Kier alpha value is -0.630. The number of nitrogens with zero attached hydrogens (tertiary/aromatic N) is 1. The Morgan fingerprint density at radius 3 is 2.78 bits per heavy atom. The van der Waals surface area contributed by atoms with Crippen molar-refractivity contribution in [1.82, 2.24) is 5.32 Å². The summed E-state index contributed by atoms with van der Waals surface area (Å²) in [5.74, 6) is 0. The smallest absolute Gasteiger partial charge is 0.0494 e. The maximum atomic E-state index is 3.82. The molecule has 0 aromatic rings. The van der Waals surface area contributed by atoms with E-state index in [2.05, 4.69) is 30.0 Å². The van der Waals surface area contributed by atoms with E-state index in [4.69, 9.17) is 0 Å². The summed E-state index contributed by atoms with van der Waals surface area (Å²) < 4.78 is 0. The first-order valence-corrected chi connectivity index (χ1v) is 3.15. The summed E-state index contributed by atoms with van der Waals surface area (Å²) in [5.41, 5.74) is 1.03. The molecule has 0 atom stereocenters. The van der Waals surface area contributed by atoms with Gasteiger partial charge in [-0.1, -0.05) is 13.0 Å². The van der Waals surface area contributed by atoms with Gasteiger partial charge in [0.2, 0.25) is 0 Å². The lowest BCUT2D eigenvalue weighted by molar-refractivity contribution is 0.866. The van der Waals surface area contributed by atoms with Crippen LogP contribution in [0.5, 0.6) is 0 Å². The Balaban J connectivity index is 3.66. The molecule has 2 heteroatoms. The Kier molecular flexibility index (Phi) is 5.12. The minimum absolute atomic E-state index is 0.817. The van der Waals surface area contributed by atoms with Crippen LogP contribution in [0, 0.1) is 0 Å². The van der Waals surface area contributed by atoms with E-state index in [0.717, 1.165) is 18.7 Å². The van der Waals surface area contributed by atoms with Crippen molar-refractivity contribution in [3.8, 4) is 0 Å². The molecule has 0 aromatic carbocycles. The van der Waals surface area contributed by atoms with E-state index in [-0.39, 0.29) is 0 Å². The molecular weight excluding hydrogens is 112 g/mol. The Morgan fingerprint density at radius 1 is 1.78 bits per heavy atom. The molecule has 0 rings (SSSR count). The molecule has 0 saturated heterocycles. The zero-order valence-electron chi connectivity index (χ0n) is 6.15. The van der Waals surface area contributed by atoms with E-state index in [0.29, 0.717) is 0 Å². The number of hydrogen-bond donors (Lipinski definition) is 1. The van der Waals surface area contributed by atoms with Gasteiger partial charge in [0.1, 0.15) is 0 Å². The largest absolute Gasteiger partial charge is 0.314 e. The average Bonchev–Trinajstić information content (AvgIpc) is 1.88. The third-order valence-corrected chi connectivity index (χ3v) is 1.00. The summed E-state index contributed by atoms with van der Waals surface area (Å²) in [6.07, 6.45) is 3.08. The Labute approximate surface area is 56.7 Å². The van der Waals surface area contributed by atoms with E-state index < -0.39 is 0 Å². The first-order chi connectivity index (χ1) is 4.35. The number of allylic oxidation sites excluding steroid dienone is 1. The summed E-state index contributed by atoms with van der Waals surface area (Å²) in [6.45, 7) is 6.34. The number of hydrogen-bond acceptors (Lipinski definition) is 2. The molecule has 0 unspecified atom stereocenters. The predicted octanol–water partition coefficient (Wildman–Crippen LogP) is 1.20. The topological polar surface area (TPSA) is 24.4 Å². The lowest BCUT2D eigenvalue weighted by atomic mass is 10.3. The minimum Gasteiger partial charge on any atom is -0.314 e. The summed E-state index contributed by atoms with van der Waals surface area (Å²) in [4.78, 5) is 3.82. The quantitative estimate of drug-likeness (QED) is 0.562. The zero-order chi connectivity index (χ0) is 7.11. The van der Waals surface area contributed by atoms with Crippen molar-refractivity contribution in [3.05, 3.63) is 11.8 Å². The van der Waals surface area contributed by atoms with Crippen LogP contribution in [-0.4, -0.2) is 20.3 Å². The fourth-order valence-corrected chi connectivity index (χ4v) is 0.609. The average molecular weight is 126 g/mol. The van der Waals surface area contributed by atoms with E-state index in [1.807, 2.05) is 7.05 Å². The van der Waals surface area contributed by atoms with Crippen LogP contribution in [0.25, 0.3) is 0 Å². The molecule has 0 saturated carbocycles. The molecular formula is C7H14N2. The maximum Gasteiger partial charge on any atom is 0.0494 e. The molecule has 0 aliphatic heterocycles. The Morgan fingerprint density at radius 2 is 2.44 bits per heavy atom. The predicted molar refractivity (Wildman–Crippen MR) is 41.8 cm³/mol. The molecule has 0 fully saturated rings. The molecule has 2 nitrogen and oxygen atoms in total. The summed E-state index contributed by atoms with van der Waals surface area (Å²) in [7, 11) is 1.90. The van der Waals surface area contributed by atoms with E-state index in [1.54, 1.807) is 0 Å². The molecule has 0 heterocycles. The molecule has 0 amide bonds. The van der Waals surface area contributed by atoms with Gasteiger partial charge < -0.3 is 5.32 Å². The summed E-state index contributed by atoms with van der Waals surface area (Å²) in [5, 5.41) is 3.00. The number of nitrogens with one attached hydrogen (secondary N) is 1. The number of rotatable bonds is 4. The van der Waals surface area contributed by atoms with Crippen LogP contribution >= 0.6 is 0 Å². The van der Waals surface area contributed by atoms with Crippen molar-refractivity contribution in [2.75, 3.05) is 13.6 Å². The van der Waals surface area contributed by atoms with Crippen molar-refractivity contribution in [1.29, 1.82) is 0 Å². The van der Waals surface area contributed by atoms with Crippen molar-refractivity contribution < 1.29 is 0 Å². The lowest BCUT2D eigenvalue weighted by Crippen LogP contribution is -2.08. The van der Waals surface area contributed by atoms with Gasteiger partial charge in [-0.3, -0.25) is 4.99 Å². The minimum atomic E-state index is 0.817. The molecule has 1 N–H and O–H groups in total. The van der Waals surface area contributed by atoms with Crippen LogP contribution in [0.2, 0.25) is 0 Å². The molecule has 0 radical (unpaired) electrons. The van der Waals surface area contributed by atoms with Crippen LogP contribution in [-0.2, 0) is 0 Å². The van der Waals surface area contributed by atoms with Crippen molar-refractivity contribution in [2.45, 2.75) is 13.3 Å². The highest BCUT2D eigenvalue weighted by molar-refractivity contribution is 5.29. The van der Waals surface area contributed by atoms with Gasteiger partial charge in [-0.05, 0) is 20.2 Å². The highest BCUT2D eigenvalue weighted by Gasteiger charge is 1.85. The lowest BCUT2D eigenvalue weighted by Gasteiger charge is -1.96. The normalized spacial score (nSPS) is 11.6. The first-order valence-electron chi connectivity index (χ1n) is 3.15. The monoisotopic (exact) mass is 126 g/mol. The van der Waals surface area contributed by atoms with E-state index >= 15 is 0 Å². The van der Waals surface area contributed by atoms with Gasteiger partial charge in [-0.15, -0.1) is 0 Å². The maximum absolute atomic E-state index is 3.82. The van der Waals surface area contributed by atoms with Gasteiger partial charge in [-0.25, -0.2) is 0 Å². The summed E-state index contributed by atoms with van der Waals surface area (Å²) in [6, 6.07) is 0. The van der Waals surface area contributed by atoms with Gasteiger partial charge in [0, 0.05) is 12.2 Å². The van der Waals surface area contributed by atoms with Crippen molar-refractivity contribution >= 4 is 6.72 Å². The van der Waals surface area contributed by atoms with Gasteiger partial charge in [0.15, 0.2) is 0 Å². The summed E-state index contributed by atoms with van der Waals surface area (Å²) >= 11 is 0. The fourth-order valence-electron chi connectivity index (χ4n) is 0.609. The van der Waals surface area contributed by atoms with Crippen LogP contribution < -0.4 is 5.32 Å². The van der Waals surface area contributed by atoms with Gasteiger partial charge in [0.25, 0.3) is 0 Å². The molecule has 0 aliphatic rings.